The number of carbonyl (C=O) groups excluding carboxylic acids is 1. The van der Waals surface area contributed by atoms with Crippen LogP contribution in [0.2, 0.25) is 0 Å². The number of hydrogen-bond acceptors (Lipinski definition) is 4. The zero-order valence-electron chi connectivity index (χ0n) is 17.2. The third kappa shape index (κ3) is 4.52. The summed E-state index contributed by atoms with van der Waals surface area (Å²) in [6.07, 6.45) is 3.38. The number of nitrogens with one attached hydrogen (secondary N) is 1. The number of carbonyl (C=O) groups is 1. The van der Waals surface area contributed by atoms with Crippen molar-refractivity contribution < 1.29 is 13.2 Å². The first kappa shape index (κ1) is 20.9. The third-order valence-electron chi connectivity index (χ3n) is 6.02. The van der Waals surface area contributed by atoms with Crippen LogP contribution in [0.1, 0.15) is 24.8 Å². The van der Waals surface area contributed by atoms with Crippen molar-refractivity contribution in [3.8, 4) is 0 Å². The van der Waals surface area contributed by atoms with Crippen LogP contribution in [0.5, 0.6) is 0 Å². The molecule has 1 amide bonds. The van der Waals surface area contributed by atoms with Crippen LogP contribution in [-0.4, -0.2) is 51.4 Å². The minimum Gasteiger partial charge on any atom is -0.371 e. The first-order chi connectivity index (χ1) is 14.6. The summed E-state index contributed by atoms with van der Waals surface area (Å²) in [6, 6.07) is 16.9. The van der Waals surface area contributed by atoms with Gasteiger partial charge in [0.25, 0.3) is 0 Å². The largest absolute Gasteiger partial charge is 0.371 e. The van der Waals surface area contributed by atoms with Crippen molar-refractivity contribution in [2.75, 3.05) is 37.6 Å². The summed E-state index contributed by atoms with van der Waals surface area (Å²) in [5, 5.41) is 3.02. The summed E-state index contributed by atoms with van der Waals surface area (Å²) < 4.78 is 27.2. The fraction of sp³-hybridized carbons (Fsp3) is 0.435. The Kier molecular flexibility index (Phi) is 6.39. The van der Waals surface area contributed by atoms with Gasteiger partial charge in [0, 0.05) is 38.4 Å². The summed E-state index contributed by atoms with van der Waals surface area (Å²) in [4.78, 5) is 15.3. The lowest BCUT2D eigenvalue weighted by Gasteiger charge is -2.31. The summed E-state index contributed by atoms with van der Waals surface area (Å²) in [5.41, 5.74) is 2.70. The maximum absolute atomic E-state index is 12.9. The third-order valence-corrected chi connectivity index (χ3v) is 7.90. The number of piperidine rings is 1. The van der Waals surface area contributed by atoms with E-state index in [1.807, 2.05) is 0 Å². The molecule has 0 spiro atoms. The summed E-state index contributed by atoms with van der Waals surface area (Å²) >= 11 is 0. The molecule has 1 unspecified atom stereocenters. The van der Waals surface area contributed by atoms with Crippen LogP contribution in [0.25, 0.3) is 0 Å². The topological polar surface area (TPSA) is 69.7 Å². The van der Waals surface area contributed by atoms with Crippen LogP contribution in [0, 0.1) is 5.92 Å². The van der Waals surface area contributed by atoms with Gasteiger partial charge in [0.1, 0.15) is 0 Å². The van der Waals surface area contributed by atoms with Crippen LogP contribution in [-0.2, 0) is 21.2 Å². The second-order valence-electron chi connectivity index (χ2n) is 8.03. The van der Waals surface area contributed by atoms with Crippen LogP contribution in [0.3, 0.4) is 0 Å². The molecule has 2 aliphatic heterocycles. The molecule has 4 rings (SSSR count). The molecule has 1 saturated heterocycles. The van der Waals surface area contributed by atoms with E-state index in [1.54, 1.807) is 30.3 Å². The van der Waals surface area contributed by atoms with Gasteiger partial charge in [0.05, 0.1) is 10.8 Å². The summed E-state index contributed by atoms with van der Waals surface area (Å²) in [6.45, 7) is 3.27. The highest BCUT2D eigenvalue weighted by atomic mass is 32.2. The summed E-state index contributed by atoms with van der Waals surface area (Å²) in [5.74, 6) is -0.325. The molecule has 2 heterocycles. The Morgan fingerprint density at radius 2 is 1.80 bits per heavy atom. The van der Waals surface area contributed by atoms with E-state index < -0.39 is 10.0 Å². The maximum atomic E-state index is 12.9. The number of anilines is 1. The van der Waals surface area contributed by atoms with Crippen LogP contribution in [0.15, 0.2) is 59.5 Å². The molecule has 2 aromatic carbocycles. The molecule has 0 saturated carbocycles. The molecule has 6 nitrogen and oxygen atoms in total. The molecule has 0 bridgehead atoms. The van der Waals surface area contributed by atoms with E-state index in [4.69, 9.17) is 0 Å². The second kappa shape index (κ2) is 9.18. The molecule has 0 aromatic heterocycles. The average Bonchev–Trinajstić information content (AvgIpc) is 3.20. The normalized spacial score (nSPS) is 19.5. The Balaban J connectivity index is 1.26. The highest BCUT2D eigenvalue weighted by molar-refractivity contribution is 7.89. The van der Waals surface area contributed by atoms with Crippen LogP contribution >= 0.6 is 0 Å². The van der Waals surface area contributed by atoms with Gasteiger partial charge < -0.3 is 10.2 Å². The van der Waals surface area contributed by atoms with E-state index in [9.17, 15) is 13.2 Å². The van der Waals surface area contributed by atoms with Crippen molar-refractivity contribution in [2.45, 2.75) is 30.6 Å². The number of nitrogens with zero attached hydrogens (tertiary/aromatic N) is 2. The van der Waals surface area contributed by atoms with Crippen molar-refractivity contribution in [3.05, 3.63) is 60.2 Å². The highest BCUT2D eigenvalue weighted by Crippen LogP contribution is 2.27. The monoisotopic (exact) mass is 427 g/mol. The fourth-order valence-corrected chi connectivity index (χ4v) is 5.93. The van der Waals surface area contributed by atoms with Crippen molar-refractivity contribution in [3.63, 3.8) is 0 Å². The van der Waals surface area contributed by atoms with Gasteiger partial charge in [0.2, 0.25) is 15.9 Å². The Hall–Kier alpha value is -2.38. The van der Waals surface area contributed by atoms with E-state index in [0.29, 0.717) is 19.5 Å². The standard InChI is InChI=1S/C23H29N3O3S/c27-23(24-14-7-15-25-17-13-19-8-4-5-12-22(19)25)20-9-6-16-26(18-20)30(28,29)21-10-2-1-3-11-21/h1-5,8,10-12,20H,6-7,9,13-18H2,(H,24,27). The van der Waals surface area contributed by atoms with Gasteiger partial charge in [-0.1, -0.05) is 36.4 Å². The Labute approximate surface area is 178 Å². The number of rotatable bonds is 7. The molecule has 1 N–H and O–H groups in total. The van der Waals surface area contributed by atoms with Gasteiger partial charge >= 0.3 is 0 Å². The number of sulfonamides is 1. The van der Waals surface area contributed by atoms with Crippen molar-refractivity contribution in [1.82, 2.24) is 9.62 Å². The lowest BCUT2D eigenvalue weighted by atomic mass is 9.99. The number of benzene rings is 2. The molecule has 30 heavy (non-hydrogen) atoms. The number of para-hydroxylation sites is 1. The Morgan fingerprint density at radius 3 is 2.63 bits per heavy atom. The van der Waals surface area contributed by atoms with Gasteiger partial charge in [-0.15, -0.1) is 0 Å². The van der Waals surface area contributed by atoms with Crippen LogP contribution < -0.4 is 10.2 Å². The number of amides is 1. The zero-order valence-corrected chi connectivity index (χ0v) is 18.0. The zero-order chi connectivity index (χ0) is 21.0. The minimum atomic E-state index is -3.55. The van der Waals surface area contributed by atoms with Crippen LogP contribution in [0.4, 0.5) is 5.69 Å². The molecule has 160 valence electrons. The maximum Gasteiger partial charge on any atom is 0.243 e. The van der Waals surface area contributed by atoms with Gasteiger partial charge in [-0.25, -0.2) is 8.42 Å². The number of hydrogen-bond donors (Lipinski definition) is 1. The smallest absolute Gasteiger partial charge is 0.243 e. The summed E-state index contributed by atoms with van der Waals surface area (Å²) in [7, 11) is -3.55. The quantitative estimate of drug-likeness (QED) is 0.690. The van der Waals surface area contributed by atoms with E-state index in [2.05, 4.69) is 34.5 Å². The van der Waals surface area contributed by atoms with Crippen molar-refractivity contribution >= 4 is 21.6 Å². The Morgan fingerprint density at radius 1 is 1.03 bits per heavy atom. The van der Waals surface area contributed by atoms with Crippen molar-refractivity contribution in [2.24, 2.45) is 5.92 Å². The van der Waals surface area contributed by atoms with Gasteiger partial charge in [-0.05, 0) is 49.4 Å². The van der Waals surface area contributed by atoms with Gasteiger partial charge in [-0.3, -0.25) is 4.79 Å². The van der Waals surface area contributed by atoms with E-state index >= 15 is 0 Å². The predicted octanol–water partition coefficient (Wildman–Crippen LogP) is 2.66. The molecular weight excluding hydrogens is 398 g/mol. The van der Waals surface area contributed by atoms with E-state index in [-0.39, 0.29) is 23.3 Å². The van der Waals surface area contributed by atoms with Gasteiger partial charge in [-0.2, -0.15) is 4.31 Å². The lowest BCUT2D eigenvalue weighted by molar-refractivity contribution is -0.126. The molecule has 2 aromatic rings. The van der Waals surface area contributed by atoms with Gasteiger partial charge in [0.15, 0.2) is 0 Å². The molecule has 1 fully saturated rings. The lowest BCUT2D eigenvalue weighted by Crippen LogP contribution is -2.45. The second-order valence-corrected chi connectivity index (χ2v) is 9.96. The molecule has 7 heteroatoms. The predicted molar refractivity (Wildman–Crippen MR) is 118 cm³/mol. The minimum absolute atomic E-state index is 0.0372. The SMILES string of the molecule is O=C(NCCCN1CCc2ccccc21)C1CCCN(S(=O)(=O)c2ccccc2)C1. The molecule has 0 aliphatic carbocycles. The molecular formula is C23H29N3O3S. The molecule has 0 radical (unpaired) electrons. The fourth-order valence-electron chi connectivity index (χ4n) is 4.38. The first-order valence-electron chi connectivity index (χ1n) is 10.7. The highest BCUT2D eigenvalue weighted by Gasteiger charge is 2.33. The van der Waals surface area contributed by atoms with E-state index in [1.165, 1.54) is 15.6 Å². The molecule has 1 atom stereocenters. The van der Waals surface area contributed by atoms with E-state index in [0.717, 1.165) is 32.4 Å². The number of fused-ring (bicyclic) bond motifs is 1. The average molecular weight is 428 g/mol. The Bertz CT molecular complexity index is 978. The molecule has 2 aliphatic rings. The van der Waals surface area contributed by atoms with Crippen molar-refractivity contribution in [1.29, 1.82) is 0 Å². The first-order valence-corrected chi connectivity index (χ1v) is 12.2.